The lowest BCUT2D eigenvalue weighted by Gasteiger charge is -2.41. The number of hydrogen-bond donors (Lipinski definition) is 0. The molecular weight excluding hydrogens is 418 g/mol. The molecule has 2 fully saturated rings. The number of hydrogen-bond acceptors (Lipinski definition) is 4. The fourth-order valence-electron chi connectivity index (χ4n) is 3.86. The summed E-state index contributed by atoms with van der Waals surface area (Å²) < 4.78 is 31.6. The van der Waals surface area contributed by atoms with Crippen molar-refractivity contribution in [1.82, 2.24) is 4.90 Å². The summed E-state index contributed by atoms with van der Waals surface area (Å²) in [5.74, 6) is 0.782. The minimum Gasteiger partial charge on any atom is -0.496 e. The smallest absolute Gasteiger partial charge is 0.222 e. The van der Waals surface area contributed by atoms with Crippen LogP contribution in [0.15, 0.2) is 22.7 Å². The normalized spacial score (nSPS) is 19.2. The van der Waals surface area contributed by atoms with Crippen LogP contribution < -0.4 is 4.74 Å². The number of halogens is 1. The van der Waals surface area contributed by atoms with Crippen molar-refractivity contribution in [2.45, 2.75) is 55.4 Å². The van der Waals surface area contributed by atoms with Gasteiger partial charge in [0.1, 0.15) is 5.75 Å². The van der Waals surface area contributed by atoms with Crippen molar-refractivity contribution in [2.24, 2.45) is 0 Å². The van der Waals surface area contributed by atoms with Gasteiger partial charge in [-0.25, -0.2) is 8.42 Å². The van der Waals surface area contributed by atoms with Gasteiger partial charge in [-0.1, -0.05) is 35.2 Å². The maximum Gasteiger partial charge on any atom is 0.222 e. The van der Waals surface area contributed by atoms with Crippen LogP contribution in [-0.2, 0) is 21.1 Å². The largest absolute Gasteiger partial charge is 0.496 e. The van der Waals surface area contributed by atoms with Gasteiger partial charge >= 0.3 is 0 Å². The molecule has 1 aliphatic heterocycles. The number of aryl methyl sites for hydroxylation is 1. The molecule has 1 aliphatic carbocycles. The lowest BCUT2D eigenvalue weighted by atomic mass is 10.0. The molecule has 7 heteroatoms. The predicted molar refractivity (Wildman–Crippen MR) is 105 cm³/mol. The van der Waals surface area contributed by atoms with Crippen LogP contribution in [0.2, 0.25) is 0 Å². The molecule has 0 spiro atoms. The van der Waals surface area contributed by atoms with Crippen LogP contribution in [-0.4, -0.2) is 49.9 Å². The molecule has 0 N–H and O–H groups in total. The van der Waals surface area contributed by atoms with E-state index >= 15 is 0 Å². The number of carbonyl (C=O) groups excluding carboxylic acids is 1. The van der Waals surface area contributed by atoms with Crippen LogP contribution in [0.3, 0.4) is 0 Å². The van der Waals surface area contributed by atoms with Crippen molar-refractivity contribution in [3.8, 4) is 5.75 Å². The molecule has 1 amide bonds. The topological polar surface area (TPSA) is 63.7 Å². The molecule has 1 heterocycles. The van der Waals surface area contributed by atoms with E-state index in [1.807, 2.05) is 18.2 Å². The fraction of sp³-hybridized carbons (Fsp3) is 0.632. The first-order chi connectivity index (χ1) is 12.4. The average molecular weight is 444 g/mol. The Kier molecular flexibility index (Phi) is 6.28. The summed E-state index contributed by atoms with van der Waals surface area (Å²) in [6.07, 6.45) is 5.67. The number of sulfone groups is 1. The molecule has 0 atom stereocenters. The van der Waals surface area contributed by atoms with E-state index in [0.29, 0.717) is 25.9 Å². The van der Waals surface area contributed by atoms with E-state index in [-0.39, 0.29) is 16.4 Å². The SMILES string of the molecule is COc1ccc(Br)cc1CCC(=O)N1CC(S(=O)(=O)C2CCCCC2)C1. The third-order valence-electron chi connectivity index (χ3n) is 5.53. The maximum absolute atomic E-state index is 12.7. The Morgan fingerprint density at radius 2 is 1.88 bits per heavy atom. The Bertz CT molecular complexity index is 753. The van der Waals surface area contributed by atoms with Gasteiger partial charge in [0, 0.05) is 24.0 Å². The molecule has 144 valence electrons. The molecule has 0 radical (unpaired) electrons. The highest BCUT2D eigenvalue weighted by molar-refractivity contribution is 9.10. The Labute approximate surface area is 164 Å². The van der Waals surface area contributed by atoms with Gasteiger partial charge < -0.3 is 9.64 Å². The third kappa shape index (κ3) is 4.25. The highest BCUT2D eigenvalue weighted by Crippen LogP contribution is 2.30. The van der Waals surface area contributed by atoms with Crippen molar-refractivity contribution in [3.05, 3.63) is 28.2 Å². The lowest BCUT2D eigenvalue weighted by molar-refractivity contribution is -0.134. The van der Waals surface area contributed by atoms with Crippen molar-refractivity contribution < 1.29 is 17.9 Å². The van der Waals surface area contributed by atoms with Crippen molar-refractivity contribution >= 4 is 31.7 Å². The molecule has 5 nitrogen and oxygen atoms in total. The second kappa shape index (κ2) is 8.30. The van der Waals surface area contributed by atoms with Gasteiger partial charge in [-0.2, -0.15) is 0 Å². The molecule has 1 saturated heterocycles. The van der Waals surface area contributed by atoms with Crippen molar-refractivity contribution in [2.75, 3.05) is 20.2 Å². The average Bonchev–Trinajstić information content (AvgIpc) is 2.59. The number of amides is 1. The van der Waals surface area contributed by atoms with E-state index < -0.39 is 9.84 Å². The van der Waals surface area contributed by atoms with Gasteiger partial charge in [-0.15, -0.1) is 0 Å². The number of likely N-dealkylation sites (tertiary alicyclic amines) is 1. The Morgan fingerprint density at radius 3 is 2.54 bits per heavy atom. The highest BCUT2D eigenvalue weighted by atomic mass is 79.9. The van der Waals surface area contributed by atoms with Crippen LogP contribution in [0.1, 0.15) is 44.1 Å². The maximum atomic E-state index is 12.7. The molecule has 0 aromatic heterocycles. The summed E-state index contributed by atoms with van der Waals surface area (Å²) in [6, 6.07) is 5.74. The van der Waals surface area contributed by atoms with Gasteiger partial charge in [0.15, 0.2) is 9.84 Å². The number of rotatable bonds is 6. The van der Waals surface area contributed by atoms with Crippen LogP contribution in [0.5, 0.6) is 5.75 Å². The molecule has 0 bridgehead atoms. The van der Waals surface area contributed by atoms with E-state index in [2.05, 4.69) is 15.9 Å². The highest BCUT2D eigenvalue weighted by Gasteiger charge is 2.43. The number of carbonyl (C=O) groups is 1. The summed E-state index contributed by atoms with van der Waals surface area (Å²) in [7, 11) is -1.48. The fourth-order valence-corrected chi connectivity index (χ4v) is 6.58. The van der Waals surface area contributed by atoms with Gasteiger partial charge in [-0.05, 0) is 43.0 Å². The minimum absolute atomic E-state index is 0.0159. The van der Waals surface area contributed by atoms with Gasteiger partial charge in [-0.3, -0.25) is 4.79 Å². The molecule has 1 aromatic carbocycles. The van der Waals surface area contributed by atoms with Crippen LogP contribution in [0.25, 0.3) is 0 Å². The Hall–Kier alpha value is -1.08. The zero-order valence-electron chi connectivity index (χ0n) is 15.1. The van der Waals surface area contributed by atoms with Crippen molar-refractivity contribution in [3.63, 3.8) is 0 Å². The molecular formula is C19H26BrNO4S. The quantitative estimate of drug-likeness (QED) is 0.675. The van der Waals surface area contributed by atoms with E-state index in [1.54, 1.807) is 12.0 Å². The zero-order valence-corrected chi connectivity index (χ0v) is 17.5. The molecule has 3 rings (SSSR count). The second-order valence-corrected chi connectivity index (χ2v) is 10.7. The molecule has 26 heavy (non-hydrogen) atoms. The van der Waals surface area contributed by atoms with Gasteiger partial charge in [0.25, 0.3) is 0 Å². The molecule has 2 aliphatic rings. The first-order valence-corrected chi connectivity index (χ1v) is 11.6. The Morgan fingerprint density at radius 1 is 1.19 bits per heavy atom. The number of benzene rings is 1. The van der Waals surface area contributed by atoms with E-state index in [4.69, 9.17) is 4.74 Å². The molecule has 1 saturated carbocycles. The summed E-state index contributed by atoms with van der Waals surface area (Å²) >= 11 is 3.44. The monoisotopic (exact) mass is 443 g/mol. The minimum atomic E-state index is -3.10. The molecule has 0 unspecified atom stereocenters. The summed E-state index contributed by atoms with van der Waals surface area (Å²) in [5.41, 5.74) is 0.974. The van der Waals surface area contributed by atoms with Crippen molar-refractivity contribution in [1.29, 1.82) is 0 Å². The number of nitrogens with zero attached hydrogens (tertiary/aromatic N) is 1. The summed E-state index contributed by atoms with van der Waals surface area (Å²) in [4.78, 5) is 14.1. The van der Waals surface area contributed by atoms with E-state index in [9.17, 15) is 13.2 Å². The Balaban J connectivity index is 1.51. The van der Waals surface area contributed by atoms with Gasteiger partial charge in [0.05, 0.1) is 17.6 Å². The van der Waals surface area contributed by atoms with E-state index in [1.165, 1.54) is 0 Å². The van der Waals surface area contributed by atoms with Gasteiger partial charge in [0.2, 0.25) is 5.91 Å². The standard InChI is InChI=1S/C19H26BrNO4S/c1-25-18-9-8-15(20)11-14(18)7-10-19(22)21-12-17(13-21)26(23,24)16-5-3-2-4-6-16/h8-9,11,16-17H,2-7,10,12-13H2,1H3. The number of ether oxygens (including phenoxy) is 1. The summed E-state index contributed by atoms with van der Waals surface area (Å²) in [6.45, 7) is 0.709. The zero-order chi connectivity index (χ0) is 18.7. The first-order valence-electron chi connectivity index (χ1n) is 9.24. The van der Waals surface area contributed by atoms with Crippen LogP contribution in [0.4, 0.5) is 0 Å². The first kappa shape index (κ1) is 19.7. The summed E-state index contributed by atoms with van der Waals surface area (Å²) in [5, 5.41) is -0.556. The predicted octanol–water partition coefficient (Wildman–Crippen LogP) is 3.35. The van der Waals surface area contributed by atoms with Crippen LogP contribution in [0, 0.1) is 0 Å². The number of methoxy groups -OCH3 is 1. The third-order valence-corrected chi connectivity index (χ3v) is 8.65. The lowest BCUT2D eigenvalue weighted by Crippen LogP contribution is -2.58. The van der Waals surface area contributed by atoms with Crippen LogP contribution >= 0.6 is 15.9 Å². The second-order valence-electron chi connectivity index (χ2n) is 7.23. The van der Waals surface area contributed by atoms with E-state index in [0.717, 1.165) is 47.9 Å². The molecule has 1 aromatic rings.